The molecule has 0 amide bonds. The second kappa shape index (κ2) is 7.73. The Balaban J connectivity index is 2.08. The van der Waals surface area contributed by atoms with Crippen LogP contribution in [0, 0.1) is 0 Å². The summed E-state index contributed by atoms with van der Waals surface area (Å²) in [7, 11) is -2.69. The van der Waals surface area contributed by atoms with Gasteiger partial charge in [0, 0.05) is 4.90 Å². The van der Waals surface area contributed by atoms with E-state index in [4.69, 9.17) is 0 Å². The van der Waals surface area contributed by atoms with Gasteiger partial charge in [-0.1, -0.05) is 92.8 Å². The first kappa shape index (κ1) is 18.8. The maximum Gasteiger partial charge on any atom is 0.0855 e. The summed E-state index contributed by atoms with van der Waals surface area (Å²) < 4.78 is 13.2. The van der Waals surface area contributed by atoms with Crippen molar-refractivity contribution in [3.8, 4) is 11.1 Å². The van der Waals surface area contributed by atoms with Gasteiger partial charge in [0.25, 0.3) is 0 Å². The summed E-state index contributed by atoms with van der Waals surface area (Å²) in [5, 5.41) is 1.45. The third-order valence-electron chi connectivity index (χ3n) is 5.41. The van der Waals surface area contributed by atoms with E-state index in [9.17, 15) is 4.21 Å². The van der Waals surface area contributed by atoms with Gasteiger partial charge in [-0.05, 0) is 34.9 Å². The van der Waals surface area contributed by atoms with Crippen molar-refractivity contribution in [1.82, 2.24) is 0 Å². The number of hydrogen-bond donors (Lipinski definition) is 0. The minimum absolute atomic E-state index is 0.673. The Hall–Kier alpha value is -1.97. The molecule has 0 spiro atoms. The van der Waals surface area contributed by atoms with E-state index in [2.05, 4.69) is 57.3 Å². The third-order valence-corrected chi connectivity index (χ3v) is 11.5. The highest BCUT2D eigenvalue weighted by molar-refractivity contribution is 7.85. The number of hydrogen-bond acceptors (Lipinski definition) is 1. The van der Waals surface area contributed by atoms with Gasteiger partial charge in [-0.3, -0.25) is 0 Å². The van der Waals surface area contributed by atoms with Crippen molar-refractivity contribution in [2.24, 2.45) is 0 Å². The molecule has 1 unspecified atom stereocenters. The molecule has 0 fully saturated rings. The zero-order chi connectivity index (χ0) is 18.7. The lowest BCUT2D eigenvalue weighted by Crippen LogP contribution is -2.44. The molecule has 3 heteroatoms. The monoisotopic (exact) mass is 378 g/mol. The summed E-state index contributed by atoms with van der Waals surface area (Å²) in [6.45, 7) is 9.48. The molecule has 0 saturated heterocycles. The number of rotatable bonds is 5. The molecular formula is C23H26OSSi. The van der Waals surface area contributed by atoms with Gasteiger partial charge in [0.05, 0.1) is 23.8 Å². The van der Waals surface area contributed by atoms with Crippen molar-refractivity contribution in [3.63, 3.8) is 0 Å². The van der Waals surface area contributed by atoms with E-state index < -0.39 is 18.9 Å². The van der Waals surface area contributed by atoms with Crippen LogP contribution in [0.25, 0.3) is 11.1 Å². The second-order valence-electron chi connectivity index (χ2n) is 7.54. The average molecular weight is 379 g/mol. The lowest BCUT2D eigenvalue weighted by atomic mass is 10.1. The van der Waals surface area contributed by atoms with Crippen LogP contribution in [0.2, 0.25) is 18.6 Å². The molecule has 0 aliphatic carbocycles. The molecule has 0 heterocycles. The highest BCUT2D eigenvalue weighted by Crippen LogP contribution is 2.30. The van der Waals surface area contributed by atoms with Crippen LogP contribution in [0.3, 0.4) is 0 Å². The fourth-order valence-corrected chi connectivity index (χ4v) is 5.92. The van der Waals surface area contributed by atoms with Crippen LogP contribution in [0.1, 0.15) is 13.8 Å². The molecule has 26 heavy (non-hydrogen) atoms. The highest BCUT2D eigenvalue weighted by Gasteiger charge is 2.27. The van der Waals surface area contributed by atoms with Gasteiger partial charge in [-0.25, -0.2) is 4.21 Å². The molecule has 0 aromatic heterocycles. The lowest BCUT2D eigenvalue weighted by Gasteiger charge is -2.28. The van der Waals surface area contributed by atoms with Crippen LogP contribution in [-0.2, 0) is 10.8 Å². The summed E-state index contributed by atoms with van der Waals surface area (Å²) in [5.41, 5.74) is 2.89. The molecule has 3 aromatic carbocycles. The minimum atomic E-state index is -1.51. The first-order valence-electron chi connectivity index (χ1n) is 9.08. The van der Waals surface area contributed by atoms with E-state index in [1.54, 1.807) is 0 Å². The predicted molar refractivity (Wildman–Crippen MR) is 115 cm³/mol. The van der Waals surface area contributed by atoms with Crippen molar-refractivity contribution in [2.75, 3.05) is 0 Å². The topological polar surface area (TPSA) is 17.1 Å². The second-order valence-corrected chi connectivity index (χ2v) is 14.2. The molecule has 0 aliphatic rings. The van der Waals surface area contributed by atoms with Crippen LogP contribution in [0.15, 0.2) is 88.7 Å². The molecule has 0 saturated carbocycles. The molecule has 0 bridgehead atoms. The lowest BCUT2D eigenvalue weighted by molar-refractivity contribution is 0.683. The van der Waals surface area contributed by atoms with Crippen LogP contribution >= 0.6 is 0 Å². The van der Waals surface area contributed by atoms with E-state index in [0.29, 0.717) is 5.54 Å². The minimum Gasteiger partial charge on any atom is -0.249 e. The first-order valence-corrected chi connectivity index (χ1v) is 13.3. The average Bonchev–Trinajstić information content (AvgIpc) is 2.68. The molecule has 3 rings (SSSR count). The van der Waals surface area contributed by atoms with Crippen molar-refractivity contribution < 1.29 is 4.21 Å². The van der Waals surface area contributed by atoms with Crippen molar-refractivity contribution >= 4 is 24.1 Å². The van der Waals surface area contributed by atoms with E-state index in [0.717, 1.165) is 20.9 Å². The van der Waals surface area contributed by atoms with Crippen LogP contribution < -0.4 is 5.19 Å². The Morgan fingerprint density at radius 1 is 0.808 bits per heavy atom. The molecular weight excluding hydrogens is 352 g/mol. The zero-order valence-corrected chi connectivity index (χ0v) is 17.7. The van der Waals surface area contributed by atoms with Crippen LogP contribution in [0.4, 0.5) is 0 Å². The fourth-order valence-electron chi connectivity index (χ4n) is 2.96. The zero-order valence-electron chi connectivity index (χ0n) is 15.9. The van der Waals surface area contributed by atoms with Gasteiger partial charge < -0.3 is 0 Å². The SMILES string of the molecule is CC(C)[Si](C)(C)c1cccc(-c2ccccc2S(=O)c2ccccc2)c1. The summed E-state index contributed by atoms with van der Waals surface area (Å²) in [5.74, 6) is 0. The Kier molecular flexibility index (Phi) is 5.59. The van der Waals surface area contributed by atoms with Gasteiger partial charge in [0.2, 0.25) is 0 Å². The molecule has 0 aliphatic heterocycles. The van der Waals surface area contributed by atoms with E-state index in [-0.39, 0.29) is 0 Å². The van der Waals surface area contributed by atoms with Crippen LogP contribution in [0.5, 0.6) is 0 Å². The van der Waals surface area contributed by atoms with Crippen molar-refractivity contribution in [3.05, 3.63) is 78.9 Å². The summed E-state index contributed by atoms with van der Waals surface area (Å²) in [4.78, 5) is 1.72. The maximum atomic E-state index is 13.2. The molecule has 1 atom stereocenters. The van der Waals surface area contributed by atoms with Crippen molar-refractivity contribution in [2.45, 2.75) is 42.3 Å². The Bertz CT molecular complexity index is 916. The van der Waals surface area contributed by atoms with E-state index in [1.165, 1.54) is 5.19 Å². The Morgan fingerprint density at radius 3 is 2.15 bits per heavy atom. The first-order chi connectivity index (χ1) is 12.4. The molecule has 0 radical (unpaired) electrons. The van der Waals surface area contributed by atoms with Gasteiger partial charge >= 0.3 is 0 Å². The standard InChI is InChI=1S/C23H26OSSi/c1-18(2)26(3,4)21-14-10-11-19(17-21)22-15-8-9-16-23(22)25(24)20-12-6-5-7-13-20/h5-18H,1-4H3. The summed E-state index contributed by atoms with van der Waals surface area (Å²) >= 11 is 0. The molecule has 0 N–H and O–H groups in total. The number of benzene rings is 3. The summed E-state index contributed by atoms with van der Waals surface area (Å²) in [6, 6.07) is 26.6. The fraction of sp³-hybridized carbons (Fsp3) is 0.217. The Morgan fingerprint density at radius 2 is 1.46 bits per heavy atom. The summed E-state index contributed by atoms with van der Waals surface area (Å²) in [6.07, 6.45) is 0. The maximum absolute atomic E-state index is 13.2. The molecule has 134 valence electrons. The van der Waals surface area contributed by atoms with Gasteiger partial charge in [-0.2, -0.15) is 0 Å². The highest BCUT2D eigenvalue weighted by atomic mass is 32.2. The van der Waals surface area contributed by atoms with Crippen molar-refractivity contribution in [1.29, 1.82) is 0 Å². The Labute approximate surface area is 160 Å². The van der Waals surface area contributed by atoms with E-state index in [1.807, 2.05) is 48.5 Å². The van der Waals surface area contributed by atoms with E-state index >= 15 is 0 Å². The molecule has 1 nitrogen and oxygen atoms in total. The van der Waals surface area contributed by atoms with Gasteiger partial charge in [0.1, 0.15) is 0 Å². The smallest absolute Gasteiger partial charge is 0.0855 e. The largest absolute Gasteiger partial charge is 0.249 e. The van der Waals surface area contributed by atoms with Gasteiger partial charge in [0.15, 0.2) is 0 Å². The third kappa shape index (κ3) is 3.74. The molecule has 3 aromatic rings. The van der Waals surface area contributed by atoms with Gasteiger partial charge in [-0.15, -0.1) is 0 Å². The quantitative estimate of drug-likeness (QED) is 0.509. The predicted octanol–water partition coefficient (Wildman–Crippen LogP) is 5.85. The van der Waals surface area contributed by atoms with Crippen LogP contribution in [-0.4, -0.2) is 12.3 Å². The normalized spacial score (nSPS) is 13.0.